The average Bonchev–Trinajstić information content (AvgIpc) is 2.08. The van der Waals surface area contributed by atoms with E-state index >= 15 is 0 Å². The van der Waals surface area contributed by atoms with Gasteiger partial charge in [0, 0.05) is 9.50 Å². The molecule has 1 aromatic rings. The minimum atomic E-state index is 0.568. The lowest BCUT2D eigenvalue weighted by Gasteiger charge is -2.11. The van der Waals surface area contributed by atoms with Crippen molar-refractivity contribution in [3.05, 3.63) is 33.3 Å². The smallest absolute Gasteiger partial charge is 0.0409 e. The molecule has 0 aliphatic heterocycles. The summed E-state index contributed by atoms with van der Waals surface area (Å²) < 4.78 is 1.15. The third-order valence-corrected chi connectivity index (χ3v) is 3.06. The largest absolute Gasteiger partial charge is 0.0843 e. The van der Waals surface area contributed by atoms with Gasteiger partial charge in [-0.2, -0.15) is 0 Å². The van der Waals surface area contributed by atoms with E-state index in [4.69, 9.17) is 11.6 Å². The first-order valence-electron chi connectivity index (χ1n) is 4.10. The van der Waals surface area contributed by atoms with E-state index in [-0.39, 0.29) is 0 Å². The molecule has 1 atom stereocenters. The summed E-state index contributed by atoms with van der Waals surface area (Å²) in [6.45, 7) is 4.38. The van der Waals surface area contributed by atoms with Gasteiger partial charge in [-0.05, 0) is 36.1 Å². The molecule has 0 heterocycles. The first-order valence-corrected chi connectivity index (χ1v) is 5.27. The highest BCUT2D eigenvalue weighted by atomic mass is 79.9. The zero-order valence-electron chi connectivity index (χ0n) is 7.27. The molecule has 12 heavy (non-hydrogen) atoms. The summed E-state index contributed by atoms with van der Waals surface area (Å²) in [5.41, 5.74) is 1.30. The fraction of sp³-hybridized carbons (Fsp3) is 0.400. The highest BCUT2D eigenvalue weighted by molar-refractivity contribution is 9.10. The molecule has 0 aromatic heterocycles. The van der Waals surface area contributed by atoms with Crippen LogP contribution in [0.15, 0.2) is 22.7 Å². The van der Waals surface area contributed by atoms with Crippen molar-refractivity contribution in [3.8, 4) is 0 Å². The van der Waals surface area contributed by atoms with Crippen molar-refractivity contribution in [2.24, 2.45) is 0 Å². The van der Waals surface area contributed by atoms with Crippen LogP contribution in [-0.2, 0) is 0 Å². The molecule has 0 radical (unpaired) electrons. The molecule has 0 bridgehead atoms. The third-order valence-electron chi connectivity index (χ3n) is 2.10. The predicted molar refractivity (Wildman–Crippen MR) is 57.9 cm³/mol. The van der Waals surface area contributed by atoms with Crippen LogP contribution in [0.1, 0.15) is 31.7 Å². The Morgan fingerprint density at radius 3 is 2.75 bits per heavy atom. The van der Waals surface area contributed by atoms with Crippen LogP contribution in [0.25, 0.3) is 0 Å². The minimum Gasteiger partial charge on any atom is -0.0843 e. The van der Waals surface area contributed by atoms with Crippen LogP contribution in [0.2, 0.25) is 5.02 Å². The van der Waals surface area contributed by atoms with E-state index in [0.29, 0.717) is 5.92 Å². The first kappa shape index (κ1) is 10.1. The van der Waals surface area contributed by atoms with E-state index in [1.54, 1.807) is 0 Å². The van der Waals surface area contributed by atoms with Crippen LogP contribution in [-0.4, -0.2) is 0 Å². The Balaban J connectivity index is 3.04. The number of rotatable bonds is 2. The van der Waals surface area contributed by atoms with Crippen molar-refractivity contribution in [2.75, 3.05) is 0 Å². The lowest BCUT2D eigenvalue weighted by molar-refractivity contribution is 0.730. The van der Waals surface area contributed by atoms with Gasteiger partial charge >= 0.3 is 0 Å². The van der Waals surface area contributed by atoms with Gasteiger partial charge in [-0.15, -0.1) is 0 Å². The lowest BCUT2D eigenvalue weighted by atomic mass is 9.99. The van der Waals surface area contributed by atoms with Crippen molar-refractivity contribution >= 4 is 27.5 Å². The second-order valence-electron chi connectivity index (χ2n) is 2.98. The Morgan fingerprint density at radius 1 is 1.50 bits per heavy atom. The first-order chi connectivity index (χ1) is 5.65. The van der Waals surface area contributed by atoms with E-state index in [1.165, 1.54) is 5.56 Å². The van der Waals surface area contributed by atoms with Gasteiger partial charge in [0.15, 0.2) is 0 Å². The molecule has 0 N–H and O–H groups in total. The highest BCUT2D eigenvalue weighted by Gasteiger charge is 2.07. The molecule has 0 fully saturated rings. The van der Waals surface area contributed by atoms with Gasteiger partial charge < -0.3 is 0 Å². The molecule has 1 rings (SSSR count). The van der Waals surface area contributed by atoms with E-state index in [2.05, 4.69) is 29.8 Å². The molecular formula is C10H12BrCl. The van der Waals surface area contributed by atoms with E-state index in [1.807, 2.05) is 18.2 Å². The molecule has 0 spiro atoms. The summed E-state index contributed by atoms with van der Waals surface area (Å²) in [5.74, 6) is 0.568. The van der Waals surface area contributed by atoms with Crippen LogP contribution in [0.5, 0.6) is 0 Å². The van der Waals surface area contributed by atoms with Crippen molar-refractivity contribution in [2.45, 2.75) is 26.2 Å². The predicted octanol–water partition coefficient (Wildman–Crippen LogP) is 4.62. The maximum atomic E-state index is 5.90. The van der Waals surface area contributed by atoms with Gasteiger partial charge in [-0.3, -0.25) is 0 Å². The van der Waals surface area contributed by atoms with Crippen molar-refractivity contribution < 1.29 is 0 Å². The van der Waals surface area contributed by atoms with Gasteiger partial charge in [0.1, 0.15) is 0 Å². The Hall–Kier alpha value is -0.0100. The Labute approximate surface area is 87.1 Å². The van der Waals surface area contributed by atoms with Gasteiger partial charge in [0.05, 0.1) is 0 Å². The molecule has 66 valence electrons. The fourth-order valence-electron chi connectivity index (χ4n) is 1.11. The molecule has 1 unspecified atom stereocenters. The summed E-state index contributed by atoms with van der Waals surface area (Å²) in [7, 11) is 0. The SMILES string of the molecule is CCC(C)c1cc(Cl)ccc1Br. The van der Waals surface area contributed by atoms with Crippen LogP contribution in [0.3, 0.4) is 0 Å². The van der Waals surface area contributed by atoms with Crippen molar-refractivity contribution in [1.29, 1.82) is 0 Å². The van der Waals surface area contributed by atoms with Gasteiger partial charge in [0.25, 0.3) is 0 Å². The quantitative estimate of drug-likeness (QED) is 0.715. The van der Waals surface area contributed by atoms with Crippen LogP contribution in [0, 0.1) is 0 Å². The topological polar surface area (TPSA) is 0 Å². The standard InChI is InChI=1S/C10H12BrCl/c1-3-7(2)9-6-8(12)4-5-10(9)11/h4-7H,3H2,1-2H3. The second kappa shape index (κ2) is 4.29. The number of hydrogen-bond acceptors (Lipinski definition) is 0. The minimum absolute atomic E-state index is 0.568. The Bertz CT molecular complexity index is 271. The van der Waals surface area contributed by atoms with Gasteiger partial charge in [-0.1, -0.05) is 41.4 Å². The number of benzene rings is 1. The monoisotopic (exact) mass is 246 g/mol. The summed E-state index contributed by atoms with van der Waals surface area (Å²) in [4.78, 5) is 0. The zero-order chi connectivity index (χ0) is 9.14. The lowest BCUT2D eigenvalue weighted by Crippen LogP contribution is -1.92. The molecule has 0 aliphatic rings. The zero-order valence-corrected chi connectivity index (χ0v) is 9.61. The van der Waals surface area contributed by atoms with Crippen LogP contribution in [0.4, 0.5) is 0 Å². The molecule has 1 aromatic carbocycles. The van der Waals surface area contributed by atoms with Gasteiger partial charge in [0.2, 0.25) is 0 Å². The van der Waals surface area contributed by atoms with Crippen molar-refractivity contribution in [1.82, 2.24) is 0 Å². The van der Waals surface area contributed by atoms with Crippen LogP contribution < -0.4 is 0 Å². The average molecular weight is 248 g/mol. The van der Waals surface area contributed by atoms with Crippen molar-refractivity contribution in [3.63, 3.8) is 0 Å². The van der Waals surface area contributed by atoms with Gasteiger partial charge in [-0.25, -0.2) is 0 Å². The van der Waals surface area contributed by atoms with Crippen LogP contribution >= 0.6 is 27.5 Å². The highest BCUT2D eigenvalue weighted by Crippen LogP contribution is 2.29. The summed E-state index contributed by atoms with van der Waals surface area (Å²) >= 11 is 9.41. The molecular weight excluding hydrogens is 235 g/mol. The van der Waals surface area contributed by atoms with E-state index in [9.17, 15) is 0 Å². The number of hydrogen-bond donors (Lipinski definition) is 0. The summed E-state index contributed by atoms with van der Waals surface area (Å²) in [6.07, 6.45) is 1.14. The Morgan fingerprint density at radius 2 is 2.17 bits per heavy atom. The molecule has 0 saturated heterocycles. The summed E-state index contributed by atoms with van der Waals surface area (Å²) in [5, 5.41) is 0.813. The number of halogens is 2. The fourth-order valence-corrected chi connectivity index (χ4v) is 1.93. The molecule has 0 amide bonds. The Kier molecular flexibility index (Phi) is 3.60. The normalized spacial score (nSPS) is 13.0. The second-order valence-corrected chi connectivity index (χ2v) is 4.27. The molecule has 0 saturated carbocycles. The maximum absolute atomic E-state index is 5.90. The van der Waals surface area contributed by atoms with E-state index < -0.39 is 0 Å². The van der Waals surface area contributed by atoms with E-state index in [0.717, 1.165) is 15.9 Å². The molecule has 2 heteroatoms. The molecule has 0 nitrogen and oxygen atoms in total. The molecule has 0 aliphatic carbocycles. The third kappa shape index (κ3) is 2.24. The summed E-state index contributed by atoms with van der Waals surface area (Å²) in [6, 6.07) is 5.93. The maximum Gasteiger partial charge on any atom is 0.0409 e.